The van der Waals surface area contributed by atoms with Crippen LogP contribution in [0.4, 0.5) is 5.82 Å². The van der Waals surface area contributed by atoms with Crippen molar-refractivity contribution in [3.63, 3.8) is 0 Å². The Morgan fingerprint density at radius 3 is 2.96 bits per heavy atom. The second-order valence-corrected chi connectivity index (χ2v) is 7.07. The van der Waals surface area contributed by atoms with E-state index in [1.165, 1.54) is 11.8 Å². The Kier molecular flexibility index (Phi) is 5.26. The van der Waals surface area contributed by atoms with Crippen molar-refractivity contribution < 1.29 is 13.7 Å². The predicted octanol–water partition coefficient (Wildman–Crippen LogP) is 2.84. The zero-order valence-corrected chi connectivity index (χ0v) is 14.7. The van der Waals surface area contributed by atoms with Crippen LogP contribution in [0.25, 0.3) is 0 Å². The first-order chi connectivity index (χ1) is 11.6. The maximum absolute atomic E-state index is 11.8. The molecule has 3 rings (SSSR count). The van der Waals surface area contributed by atoms with E-state index in [0.717, 1.165) is 10.7 Å². The van der Waals surface area contributed by atoms with Crippen LogP contribution in [-0.4, -0.2) is 32.0 Å². The highest BCUT2D eigenvalue weighted by molar-refractivity contribution is 7.99. The molecule has 0 aliphatic rings. The van der Waals surface area contributed by atoms with Crippen LogP contribution < -0.4 is 5.32 Å². The van der Waals surface area contributed by atoms with Crippen molar-refractivity contribution in [3.8, 4) is 0 Å². The molecular formula is C14H15N5O3S2. The van der Waals surface area contributed by atoms with Gasteiger partial charge >= 0.3 is 0 Å². The lowest BCUT2D eigenvalue weighted by Gasteiger charge is -1.99. The van der Waals surface area contributed by atoms with Gasteiger partial charge in [-0.1, -0.05) is 16.9 Å². The fraction of sp³-hybridized carbons (Fsp3) is 0.357. The van der Waals surface area contributed by atoms with Gasteiger partial charge in [0.15, 0.2) is 5.82 Å². The van der Waals surface area contributed by atoms with Gasteiger partial charge in [-0.3, -0.25) is 4.79 Å². The van der Waals surface area contributed by atoms with Gasteiger partial charge in [0.05, 0.1) is 17.1 Å². The van der Waals surface area contributed by atoms with Crippen molar-refractivity contribution in [1.82, 2.24) is 20.3 Å². The molecule has 0 aromatic carbocycles. The summed E-state index contributed by atoms with van der Waals surface area (Å²) in [5.41, 5.74) is 0.917. The largest absolute Gasteiger partial charge is 0.416 e. The zero-order chi connectivity index (χ0) is 16.9. The van der Waals surface area contributed by atoms with Gasteiger partial charge in [0.1, 0.15) is 5.76 Å². The number of carbonyl (C=O) groups excluding carboxylic acids is 1. The highest BCUT2D eigenvalue weighted by atomic mass is 32.2. The van der Waals surface area contributed by atoms with Crippen LogP contribution in [0.3, 0.4) is 0 Å². The van der Waals surface area contributed by atoms with E-state index in [4.69, 9.17) is 8.94 Å². The molecule has 8 nitrogen and oxygen atoms in total. The van der Waals surface area contributed by atoms with Crippen LogP contribution in [0, 0.1) is 13.8 Å². The van der Waals surface area contributed by atoms with Gasteiger partial charge in [-0.15, -0.1) is 21.5 Å². The minimum absolute atomic E-state index is 0.145. The molecule has 3 aromatic heterocycles. The van der Waals surface area contributed by atoms with Gasteiger partial charge < -0.3 is 14.3 Å². The van der Waals surface area contributed by atoms with Crippen LogP contribution >= 0.6 is 23.1 Å². The Morgan fingerprint density at radius 2 is 2.25 bits per heavy atom. The molecule has 1 amide bonds. The monoisotopic (exact) mass is 365 g/mol. The molecule has 0 saturated heterocycles. The molecular weight excluding hydrogens is 350 g/mol. The first-order valence-electron chi connectivity index (χ1n) is 7.18. The number of rotatable bonds is 7. The SMILES string of the molecule is Cc1cc(NC(=O)CCSc2nnc(Cc3csc(C)n3)o2)no1. The van der Waals surface area contributed by atoms with E-state index < -0.39 is 0 Å². The van der Waals surface area contributed by atoms with E-state index in [0.29, 0.717) is 41.3 Å². The van der Waals surface area contributed by atoms with Crippen LogP contribution in [0.5, 0.6) is 0 Å². The van der Waals surface area contributed by atoms with Gasteiger partial charge in [0.2, 0.25) is 11.8 Å². The first kappa shape index (κ1) is 16.7. The molecule has 0 fully saturated rings. The van der Waals surface area contributed by atoms with Crippen molar-refractivity contribution in [2.24, 2.45) is 0 Å². The summed E-state index contributed by atoms with van der Waals surface area (Å²) in [7, 11) is 0. The molecule has 0 unspecified atom stereocenters. The summed E-state index contributed by atoms with van der Waals surface area (Å²) in [6.45, 7) is 3.72. The van der Waals surface area contributed by atoms with E-state index in [1.54, 1.807) is 24.3 Å². The summed E-state index contributed by atoms with van der Waals surface area (Å²) in [5, 5.41) is 17.8. The highest BCUT2D eigenvalue weighted by Gasteiger charge is 2.11. The number of carbonyl (C=O) groups is 1. The molecule has 0 radical (unpaired) electrons. The van der Waals surface area contributed by atoms with Crippen LogP contribution in [-0.2, 0) is 11.2 Å². The van der Waals surface area contributed by atoms with Crippen molar-refractivity contribution in [2.75, 3.05) is 11.1 Å². The topological polar surface area (TPSA) is 107 Å². The second-order valence-electron chi connectivity index (χ2n) is 4.97. The average Bonchev–Trinajstić information content (AvgIpc) is 3.23. The quantitative estimate of drug-likeness (QED) is 0.637. The van der Waals surface area contributed by atoms with Gasteiger partial charge in [0.25, 0.3) is 5.22 Å². The van der Waals surface area contributed by atoms with E-state index >= 15 is 0 Å². The normalized spacial score (nSPS) is 10.9. The molecule has 126 valence electrons. The minimum Gasteiger partial charge on any atom is -0.416 e. The highest BCUT2D eigenvalue weighted by Crippen LogP contribution is 2.19. The number of thiazole rings is 1. The molecule has 3 aromatic rings. The van der Waals surface area contributed by atoms with Crippen molar-refractivity contribution >= 4 is 34.8 Å². The fourth-order valence-electron chi connectivity index (χ4n) is 1.87. The zero-order valence-electron chi connectivity index (χ0n) is 13.1. The van der Waals surface area contributed by atoms with Crippen molar-refractivity contribution in [1.29, 1.82) is 0 Å². The fourth-order valence-corrected chi connectivity index (χ4v) is 3.20. The second kappa shape index (κ2) is 7.58. The van der Waals surface area contributed by atoms with E-state index in [9.17, 15) is 4.79 Å². The number of nitrogens with zero attached hydrogens (tertiary/aromatic N) is 4. The third kappa shape index (κ3) is 4.65. The number of thioether (sulfide) groups is 1. The van der Waals surface area contributed by atoms with Gasteiger partial charge in [-0.05, 0) is 13.8 Å². The Hall–Kier alpha value is -2.20. The standard InChI is InChI=1S/C14H15N5O3S2/c1-8-5-11(19-22-8)16-12(20)3-4-23-14-18-17-13(21-14)6-10-7-24-9(2)15-10/h5,7H,3-4,6H2,1-2H3,(H,16,19,20). The van der Waals surface area contributed by atoms with Crippen molar-refractivity contribution in [2.45, 2.75) is 31.9 Å². The minimum atomic E-state index is -0.145. The Morgan fingerprint density at radius 1 is 1.38 bits per heavy atom. The molecule has 0 spiro atoms. The van der Waals surface area contributed by atoms with Gasteiger partial charge in [-0.2, -0.15) is 0 Å². The number of amides is 1. The molecule has 0 atom stereocenters. The van der Waals surface area contributed by atoms with Gasteiger partial charge in [0, 0.05) is 23.6 Å². The third-order valence-electron chi connectivity index (χ3n) is 2.90. The molecule has 0 aliphatic carbocycles. The number of hydrogen-bond acceptors (Lipinski definition) is 9. The van der Waals surface area contributed by atoms with Crippen LogP contribution in [0.15, 0.2) is 25.6 Å². The summed E-state index contributed by atoms with van der Waals surface area (Å²) in [6, 6.07) is 1.66. The Labute approximate surface area is 146 Å². The number of nitrogens with one attached hydrogen (secondary N) is 1. The lowest BCUT2D eigenvalue weighted by Crippen LogP contribution is -2.12. The van der Waals surface area contributed by atoms with E-state index in [-0.39, 0.29) is 5.91 Å². The maximum Gasteiger partial charge on any atom is 0.276 e. The smallest absolute Gasteiger partial charge is 0.276 e. The molecule has 1 N–H and O–H groups in total. The van der Waals surface area contributed by atoms with Gasteiger partial charge in [-0.25, -0.2) is 4.98 Å². The summed E-state index contributed by atoms with van der Waals surface area (Å²) >= 11 is 2.93. The van der Waals surface area contributed by atoms with E-state index in [1.807, 2.05) is 12.3 Å². The summed E-state index contributed by atoms with van der Waals surface area (Å²) in [4.78, 5) is 16.1. The average molecular weight is 365 g/mol. The third-order valence-corrected chi connectivity index (χ3v) is 4.54. The lowest BCUT2D eigenvalue weighted by atomic mass is 10.3. The maximum atomic E-state index is 11.8. The molecule has 24 heavy (non-hydrogen) atoms. The number of hydrogen-bond donors (Lipinski definition) is 1. The van der Waals surface area contributed by atoms with E-state index in [2.05, 4.69) is 25.7 Å². The number of aromatic nitrogens is 4. The molecule has 0 aliphatic heterocycles. The summed E-state index contributed by atoms with van der Waals surface area (Å²) in [5.74, 6) is 1.97. The molecule has 3 heterocycles. The molecule has 10 heteroatoms. The summed E-state index contributed by atoms with van der Waals surface area (Å²) < 4.78 is 10.4. The van der Waals surface area contributed by atoms with Crippen LogP contribution in [0.2, 0.25) is 0 Å². The molecule has 0 saturated carbocycles. The number of anilines is 1. The lowest BCUT2D eigenvalue weighted by molar-refractivity contribution is -0.115. The number of aryl methyl sites for hydroxylation is 2. The predicted molar refractivity (Wildman–Crippen MR) is 89.2 cm³/mol. The Balaban J connectivity index is 1.42. The molecule has 0 bridgehead atoms. The first-order valence-corrected chi connectivity index (χ1v) is 9.04. The van der Waals surface area contributed by atoms with Crippen LogP contribution in [0.1, 0.15) is 28.8 Å². The Bertz CT molecular complexity index is 826. The van der Waals surface area contributed by atoms with Crippen molar-refractivity contribution in [3.05, 3.63) is 33.8 Å². The summed E-state index contributed by atoms with van der Waals surface area (Å²) in [6.07, 6.45) is 0.823.